The largest absolute Gasteiger partial charge is 0.394 e. The molecule has 0 aliphatic heterocycles. The summed E-state index contributed by atoms with van der Waals surface area (Å²) in [7, 11) is 1.95. The zero-order chi connectivity index (χ0) is 12.4. The first-order chi connectivity index (χ1) is 8.13. The first-order valence-corrected chi connectivity index (χ1v) is 5.77. The standard InChI is InChI=1S/C12H18N4O/c1-8(2)9(6-17)15-12-11-10(4-5-13-12)16(3)7-14-11/h4-5,7-9,17H,6H2,1-3H3,(H,13,15). The number of aryl methyl sites for hydroxylation is 1. The van der Waals surface area contributed by atoms with Crippen molar-refractivity contribution in [2.45, 2.75) is 19.9 Å². The number of aliphatic hydroxyl groups excluding tert-OH is 1. The van der Waals surface area contributed by atoms with E-state index in [-0.39, 0.29) is 12.6 Å². The van der Waals surface area contributed by atoms with Crippen molar-refractivity contribution in [1.29, 1.82) is 0 Å². The lowest BCUT2D eigenvalue weighted by Gasteiger charge is -2.20. The van der Waals surface area contributed by atoms with E-state index < -0.39 is 0 Å². The average molecular weight is 234 g/mol. The Labute approximate surface area is 101 Å². The van der Waals surface area contributed by atoms with E-state index >= 15 is 0 Å². The van der Waals surface area contributed by atoms with Gasteiger partial charge in [0.15, 0.2) is 5.82 Å². The van der Waals surface area contributed by atoms with Gasteiger partial charge >= 0.3 is 0 Å². The Kier molecular flexibility index (Phi) is 3.28. The molecule has 17 heavy (non-hydrogen) atoms. The SMILES string of the molecule is CC(C)C(CO)Nc1nccc2c1ncn2C. The van der Waals surface area contributed by atoms with Gasteiger partial charge in [0, 0.05) is 13.2 Å². The van der Waals surface area contributed by atoms with Crippen molar-refractivity contribution in [3.05, 3.63) is 18.6 Å². The van der Waals surface area contributed by atoms with Crippen LogP contribution in [0.3, 0.4) is 0 Å². The second-order valence-corrected chi connectivity index (χ2v) is 4.56. The monoisotopic (exact) mass is 234 g/mol. The van der Waals surface area contributed by atoms with Crippen LogP contribution in [0.1, 0.15) is 13.8 Å². The zero-order valence-electron chi connectivity index (χ0n) is 10.4. The second-order valence-electron chi connectivity index (χ2n) is 4.56. The Hall–Kier alpha value is -1.62. The van der Waals surface area contributed by atoms with Crippen molar-refractivity contribution in [1.82, 2.24) is 14.5 Å². The molecule has 2 N–H and O–H groups in total. The van der Waals surface area contributed by atoms with E-state index in [0.29, 0.717) is 5.92 Å². The molecule has 0 saturated heterocycles. The summed E-state index contributed by atoms with van der Waals surface area (Å²) in [4.78, 5) is 8.61. The number of rotatable bonds is 4. The highest BCUT2D eigenvalue weighted by Crippen LogP contribution is 2.20. The van der Waals surface area contributed by atoms with Crippen molar-refractivity contribution in [2.24, 2.45) is 13.0 Å². The fourth-order valence-electron chi connectivity index (χ4n) is 1.77. The number of pyridine rings is 1. The topological polar surface area (TPSA) is 63.0 Å². The van der Waals surface area contributed by atoms with E-state index in [4.69, 9.17) is 0 Å². The van der Waals surface area contributed by atoms with Crippen LogP contribution in [0, 0.1) is 5.92 Å². The van der Waals surface area contributed by atoms with Crippen molar-refractivity contribution >= 4 is 16.9 Å². The minimum Gasteiger partial charge on any atom is -0.394 e. The lowest BCUT2D eigenvalue weighted by molar-refractivity contribution is 0.249. The van der Waals surface area contributed by atoms with Crippen molar-refractivity contribution in [3.8, 4) is 0 Å². The molecule has 0 fully saturated rings. The number of hydrogen-bond donors (Lipinski definition) is 2. The van der Waals surface area contributed by atoms with E-state index in [9.17, 15) is 5.11 Å². The number of anilines is 1. The number of hydrogen-bond acceptors (Lipinski definition) is 4. The lowest BCUT2D eigenvalue weighted by Crippen LogP contribution is -2.29. The van der Waals surface area contributed by atoms with Crippen LogP contribution in [-0.2, 0) is 7.05 Å². The van der Waals surface area contributed by atoms with Crippen LogP contribution in [0.5, 0.6) is 0 Å². The molecule has 5 nitrogen and oxygen atoms in total. The van der Waals surface area contributed by atoms with Gasteiger partial charge in [-0.05, 0) is 12.0 Å². The Morgan fingerprint density at radius 2 is 2.18 bits per heavy atom. The Morgan fingerprint density at radius 3 is 2.82 bits per heavy atom. The maximum Gasteiger partial charge on any atom is 0.154 e. The maximum absolute atomic E-state index is 9.32. The molecule has 0 radical (unpaired) electrons. The summed E-state index contributed by atoms with van der Waals surface area (Å²) in [5.74, 6) is 1.07. The van der Waals surface area contributed by atoms with Gasteiger partial charge in [0.25, 0.3) is 0 Å². The van der Waals surface area contributed by atoms with Gasteiger partial charge in [-0.3, -0.25) is 0 Å². The molecule has 0 aliphatic rings. The summed E-state index contributed by atoms with van der Waals surface area (Å²) in [5, 5.41) is 12.6. The van der Waals surface area contributed by atoms with Gasteiger partial charge in [-0.25, -0.2) is 9.97 Å². The molecule has 2 heterocycles. The molecule has 5 heteroatoms. The molecule has 1 unspecified atom stereocenters. The molecule has 2 aromatic rings. The van der Waals surface area contributed by atoms with Gasteiger partial charge in [0.05, 0.1) is 24.5 Å². The summed E-state index contributed by atoms with van der Waals surface area (Å²) < 4.78 is 1.95. The van der Waals surface area contributed by atoms with Crippen molar-refractivity contribution in [2.75, 3.05) is 11.9 Å². The highest BCUT2D eigenvalue weighted by Gasteiger charge is 2.15. The number of nitrogens with one attached hydrogen (secondary N) is 1. The van der Waals surface area contributed by atoms with Crippen LogP contribution in [0.4, 0.5) is 5.82 Å². The van der Waals surface area contributed by atoms with Crippen LogP contribution in [0.25, 0.3) is 11.0 Å². The number of aliphatic hydroxyl groups is 1. The number of nitrogens with zero attached hydrogens (tertiary/aromatic N) is 3. The van der Waals surface area contributed by atoms with Gasteiger partial charge in [0.2, 0.25) is 0 Å². The fourth-order valence-corrected chi connectivity index (χ4v) is 1.77. The molecule has 0 saturated carbocycles. The Bertz CT molecular complexity index is 506. The first kappa shape index (κ1) is 11.9. The smallest absolute Gasteiger partial charge is 0.154 e. The average Bonchev–Trinajstić information content (AvgIpc) is 2.69. The molecule has 1 atom stereocenters. The fraction of sp³-hybridized carbons (Fsp3) is 0.500. The molecule has 92 valence electrons. The van der Waals surface area contributed by atoms with Crippen LogP contribution >= 0.6 is 0 Å². The van der Waals surface area contributed by atoms with Gasteiger partial charge < -0.3 is 15.0 Å². The quantitative estimate of drug-likeness (QED) is 0.839. The summed E-state index contributed by atoms with van der Waals surface area (Å²) in [5.41, 5.74) is 1.87. The number of aromatic nitrogens is 3. The van der Waals surface area contributed by atoms with Crippen LogP contribution in [0.2, 0.25) is 0 Å². The molecular weight excluding hydrogens is 216 g/mol. The third-order valence-electron chi connectivity index (χ3n) is 2.97. The van der Waals surface area contributed by atoms with E-state index in [2.05, 4.69) is 29.1 Å². The summed E-state index contributed by atoms with van der Waals surface area (Å²) >= 11 is 0. The predicted molar refractivity (Wildman–Crippen MR) is 67.8 cm³/mol. The molecular formula is C12H18N4O. The van der Waals surface area contributed by atoms with E-state index in [1.54, 1.807) is 12.5 Å². The van der Waals surface area contributed by atoms with Gasteiger partial charge in [-0.1, -0.05) is 13.8 Å². The molecule has 2 aromatic heterocycles. The summed E-state index contributed by atoms with van der Waals surface area (Å²) in [6, 6.07) is 1.92. The van der Waals surface area contributed by atoms with Crippen molar-refractivity contribution in [3.63, 3.8) is 0 Å². The second kappa shape index (κ2) is 4.71. The highest BCUT2D eigenvalue weighted by molar-refractivity contribution is 5.85. The van der Waals surface area contributed by atoms with E-state index in [1.165, 1.54) is 0 Å². The first-order valence-electron chi connectivity index (χ1n) is 5.77. The lowest BCUT2D eigenvalue weighted by atomic mass is 10.1. The number of fused-ring (bicyclic) bond motifs is 1. The molecule has 0 aromatic carbocycles. The zero-order valence-corrected chi connectivity index (χ0v) is 10.4. The van der Waals surface area contributed by atoms with Crippen LogP contribution in [0.15, 0.2) is 18.6 Å². The third-order valence-corrected chi connectivity index (χ3v) is 2.97. The molecule has 0 amide bonds. The Morgan fingerprint density at radius 1 is 1.41 bits per heavy atom. The van der Waals surface area contributed by atoms with Crippen molar-refractivity contribution < 1.29 is 5.11 Å². The molecule has 0 bridgehead atoms. The van der Waals surface area contributed by atoms with Crippen LogP contribution < -0.4 is 5.32 Å². The highest BCUT2D eigenvalue weighted by atomic mass is 16.3. The molecule has 0 spiro atoms. The minimum atomic E-state index is -0.00453. The van der Waals surface area contributed by atoms with E-state index in [0.717, 1.165) is 16.9 Å². The van der Waals surface area contributed by atoms with E-state index in [1.807, 2.05) is 17.7 Å². The minimum absolute atomic E-state index is 0.00453. The van der Waals surface area contributed by atoms with Gasteiger partial charge in [-0.2, -0.15) is 0 Å². The maximum atomic E-state index is 9.32. The number of imidazole rings is 1. The predicted octanol–water partition coefficient (Wildman–Crippen LogP) is 1.40. The Balaban J connectivity index is 2.35. The molecule has 0 aliphatic carbocycles. The summed E-state index contributed by atoms with van der Waals surface area (Å²) in [6.45, 7) is 4.21. The van der Waals surface area contributed by atoms with Gasteiger partial charge in [0.1, 0.15) is 5.52 Å². The summed E-state index contributed by atoms with van der Waals surface area (Å²) in [6.07, 6.45) is 3.52. The third kappa shape index (κ3) is 2.24. The van der Waals surface area contributed by atoms with Crippen LogP contribution in [-0.4, -0.2) is 32.3 Å². The normalized spacial score (nSPS) is 13.2. The van der Waals surface area contributed by atoms with Gasteiger partial charge in [-0.15, -0.1) is 0 Å². The molecule has 2 rings (SSSR count).